The zero-order chi connectivity index (χ0) is 10.6. The smallest absolute Gasteiger partial charge is 0.193 e. The van der Waals surface area contributed by atoms with Crippen LogP contribution in [0.3, 0.4) is 0 Å². The van der Waals surface area contributed by atoms with Crippen LogP contribution in [0.15, 0.2) is 18.2 Å². The molecule has 0 spiro atoms. The van der Waals surface area contributed by atoms with E-state index in [1.54, 1.807) is 18.2 Å². The fraction of sp³-hybridized carbons (Fsp3) is 0.0909. The predicted octanol–water partition coefficient (Wildman–Crippen LogP) is 1.02. The summed E-state index contributed by atoms with van der Waals surface area (Å²) in [5, 5.41) is 0. The molecule has 3 heteroatoms. The van der Waals surface area contributed by atoms with Gasteiger partial charge >= 0.3 is 0 Å². The summed E-state index contributed by atoms with van der Waals surface area (Å²) in [6, 6.07) is 4.85. The highest BCUT2D eigenvalue weighted by atomic mass is 16.1. The van der Waals surface area contributed by atoms with Crippen molar-refractivity contribution in [1.29, 1.82) is 0 Å². The predicted molar refractivity (Wildman–Crippen MR) is 53.8 cm³/mol. The van der Waals surface area contributed by atoms with Crippen molar-refractivity contribution in [2.45, 2.75) is 6.92 Å². The maximum atomic E-state index is 11.1. The first-order chi connectivity index (χ1) is 6.65. The molecular weight excluding hydrogens is 178 g/mol. The van der Waals surface area contributed by atoms with E-state index in [1.165, 1.54) is 6.92 Å². The monoisotopic (exact) mass is 187 g/mol. The molecule has 70 valence electrons. The van der Waals surface area contributed by atoms with Crippen LogP contribution in [0.25, 0.3) is 0 Å². The molecule has 0 amide bonds. The first-order valence-electron chi connectivity index (χ1n) is 4.01. The van der Waals surface area contributed by atoms with Gasteiger partial charge in [0.1, 0.15) is 0 Å². The highest BCUT2D eigenvalue weighted by Crippen LogP contribution is 2.13. The third-order valence-corrected chi connectivity index (χ3v) is 1.71. The summed E-state index contributed by atoms with van der Waals surface area (Å²) in [6.45, 7) is 1.43. The number of Topliss-reactive ketones (excluding diaryl/α,β-unsaturated/α-hetero) is 1. The number of carbonyl (C=O) groups excluding carboxylic acids is 2. The van der Waals surface area contributed by atoms with E-state index in [0.717, 1.165) is 0 Å². The topological polar surface area (TPSA) is 60.2 Å². The maximum absolute atomic E-state index is 11.1. The molecule has 0 saturated heterocycles. The number of hydrogen-bond acceptors (Lipinski definition) is 3. The van der Waals surface area contributed by atoms with Gasteiger partial charge in [-0.15, -0.1) is 0 Å². The lowest BCUT2D eigenvalue weighted by Gasteiger charge is -2.01. The normalized spacial score (nSPS) is 8.64. The second kappa shape index (κ2) is 4.24. The van der Waals surface area contributed by atoms with E-state index in [9.17, 15) is 9.59 Å². The number of benzene rings is 1. The third-order valence-electron chi connectivity index (χ3n) is 1.71. The summed E-state index contributed by atoms with van der Waals surface area (Å²) in [4.78, 5) is 21.1. The molecule has 0 fully saturated rings. The second-order valence-corrected chi connectivity index (χ2v) is 2.75. The van der Waals surface area contributed by atoms with Crippen molar-refractivity contribution in [2.75, 3.05) is 5.73 Å². The summed E-state index contributed by atoms with van der Waals surface area (Å²) in [7, 11) is 0. The Morgan fingerprint density at radius 3 is 2.79 bits per heavy atom. The van der Waals surface area contributed by atoms with Crippen LogP contribution in [-0.2, 0) is 4.79 Å². The highest BCUT2D eigenvalue weighted by Gasteiger charge is 2.04. The first-order valence-corrected chi connectivity index (χ1v) is 4.01. The number of hydrogen-bond donors (Lipinski definition) is 1. The summed E-state index contributed by atoms with van der Waals surface area (Å²) in [6.07, 6.45) is 0.504. The van der Waals surface area contributed by atoms with Gasteiger partial charge in [0.2, 0.25) is 0 Å². The molecule has 0 aliphatic carbocycles. The zero-order valence-electron chi connectivity index (χ0n) is 7.70. The summed E-state index contributed by atoms with van der Waals surface area (Å²) < 4.78 is 0. The van der Waals surface area contributed by atoms with Crippen molar-refractivity contribution in [3.8, 4) is 11.8 Å². The number of anilines is 1. The van der Waals surface area contributed by atoms with Crippen molar-refractivity contribution in [3.63, 3.8) is 0 Å². The third kappa shape index (κ3) is 2.20. The Morgan fingerprint density at radius 1 is 1.50 bits per heavy atom. The van der Waals surface area contributed by atoms with Gasteiger partial charge in [-0.2, -0.15) is 0 Å². The van der Waals surface area contributed by atoms with Gasteiger partial charge in [-0.1, -0.05) is 5.92 Å². The Morgan fingerprint density at radius 2 is 2.21 bits per heavy atom. The lowest BCUT2D eigenvalue weighted by Crippen LogP contribution is -1.99. The number of aldehydes is 1. The molecule has 1 rings (SSSR count). The molecule has 0 unspecified atom stereocenters. The Kier molecular flexibility index (Phi) is 3.03. The average Bonchev–Trinajstić information content (AvgIpc) is 2.16. The van der Waals surface area contributed by atoms with Crippen molar-refractivity contribution >= 4 is 17.8 Å². The lowest BCUT2D eigenvalue weighted by molar-refractivity contribution is -0.103. The summed E-state index contributed by atoms with van der Waals surface area (Å²) in [5.41, 5.74) is 7.05. The van der Waals surface area contributed by atoms with E-state index in [-0.39, 0.29) is 5.78 Å². The number of ketones is 1. The van der Waals surface area contributed by atoms with E-state index in [2.05, 4.69) is 11.8 Å². The fourth-order valence-electron chi connectivity index (χ4n) is 1.05. The Labute approximate surface area is 81.9 Å². The van der Waals surface area contributed by atoms with Crippen LogP contribution >= 0.6 is 0 Å². The van der Waals surface area contributed by atoms with Crippen molar-refractivity contribution < 1.29 is 9.59 Å². The van der Waals surface area contributed by atoms with Crippen molar-refractivity contribution in [2.24, 2.45) is 0 Å². The Bertz CT molecular complexity index is 438. The lowest BCUT2D eigenvalue weighted by atomic mass is 10.1. The van der Waals surface area contributed by atoms with Crippen molar-refractivity contribution in [1.82, 2.24) is 0 Å². The van der Waals surface area contributed by atoms with Crippen LogP contribution in [0, 0.1) is 11.8 Å². The zero-order valence-corrected chi connectivity index (χ0v) is 7.70. The van der Waals surface area contributed by atoms with E-state index in [0.29, 0.717) is 23.1 Å². The molecule has 14 heavy (non-hydrogen) atoms. The molecule has 2 N–H and O–H groups in total. The number of carbonyl (C=O) groups is 2. The van der Waals surface area contributed by atoms with Crippen LogP contribution in [0.2, 0.25) is 0 Å². The maximum Gasteiger partial charge on any atom is 0.193 e. The molecule has 0 atom stereocenters. The Balaban J connectivity index is 3.19. The van der Waals surface area contributed by atoms with Gasteiger partial charge < -0.3 is 5.73 Å². The minimum atomic E-state index is -0.114. The molecule has 1 aromatic rings. The molecule has 0 aliphatic rings. The Hall–Kier alpha value is -2.08. The van der Waals surface area contributed by atoms with Gasteiger partial charge in [0.05, 0.1) is 0 Å². The van der Waals surface area contributed by atoms with Gasteiger partial charge in [0.25, 0.3) is 0 Å². The first kappa shape index (κ1) is 10.0. The molecule has 0 saturated carbocycles. The van der Waals surface area contributed by atoms with Gasteiger partial charge in [0, 0.05) is 16.8 Å². The minimum absolute atomic E-state index is 0.114. The summed E-state index contributed by atoms with van der Waals surface area (Å²) >= 11 is 0. The molecular formula is C11H9NO2. The SMILES string of the molecule is CC(=O)c1cc(C#CC=O)ccc1N. The quantitative estimate of drug-likeness (QED) is 0.309. The minimum Gasteiger partial charge on any atom is -0.398 e. The summed E-state index contributed by atoms with van der Waals surface area (Å²) in [5.74, 6) is 4.74. The molecule has 1 aromatic carbocycles. The highest BCUT2D eigenvalue weighted by molar-refractivity contribution is 5.99. The van der Waals surface area contributed by atoms with Gasteiger partial charge in [-0.25, -0.2) is 0 Å². The molecule has 0 aromatic heterocycles. The van der Waals surface area contributed by atoms with E-state index < -0.39 is 0 Å². The van der Waals surface area contributed by atoms with Crippen LogP contribution < -0.4 is 5.73 Å². The van der Waals surface area contributed by atoms with E-state index in [1.807, 2.05) is 0 Å². The standard InChI is InChI=1S/C11H9NO2/c1-8(14)10-7-9(3-2-6-13)4-5-11(10)12/h4-7H,12H2,1H3. The second-order valence-electron chi connectivity index (χ2n) is 2.75. The van der Waals surface area contributed by atoms with Crippen molar-refractivity contribution in [3.05, 3.63) is 29.3 Å². The van der Waals surface area contributed by atoms with Crippen LogP contribution in [-0.4, -0.2) is 12.1 Å². The fourth-order valence-corrected chi connectivity index (χ4v) is 1.05. The molecule has 0 bridgehead atoms. The van der Waals surface area contributed by atoms with Gasteiger partial charge in [-0.05, 0) is 31.0 Å². The van der Waals surface area contributed by atoms with Crippen LogP contribution in [0.5, 0.6) is 0 Å². The number of nitrogen functional groups attached to an aromatic ring is 1. The average molecular weight is 187 g/mol. The molecule has 0 radical (unpaired) electrons. The molecule has 3 nitrogen and oxygen atoms in total. The van der Waals surface area contributed by atoms with E-state index in [4.69, 9.17) is 5.73 Å². The number of rotatable bonds is 1. The van der Waals surface area contributed by atoms with Gasteiger partial charge in [-0.3, -0.25) is 9.59 Å². The van der Waals surface area contributed by atoms with Crippen LogP contribution in [0.1, 0.15) is 22.8 Å². The van der Waals surface area contributed by atoms with E-state index >= 15 is 0 Å². The number of nitrogens with two attached hydrogens (primary N) is 1. The largest absolute Gasteiger partial charge is 0.398 e. The molecule has 0 aliphatic heterocycles. The van der Waals surface area contributed by atoms with Gasteiger partial charge in [0.15, 0.2) is 12.1 Å². The molecule has 0 heterocycles. The van der Waals surface area contributed by atoms with Crippen LogP contribution in [0.4, 0.5) is 5.69 Å².